The lowest BCUT2D eigenvalue weighted by atomic mass is 9.68. The average molecular weight is 374 g/mol. The van der Waals surface area contributed by atoms with Crippen LogP contribution in [0.4, 0.5) is 0 Å². The largest absolute Gasteiger partial charge is 0.383 e. The van der Waals surface area contributed by atoms with Gasteiger partial charge in [0.1, 0.15) is 0 Å². The van der Waals surface area contributed by atoms with E-state index in [2.05, 4.69) is 52.1 Å². The highest BCUT2D eigenvalue weighted by molar-refractivity contribution is 5.78. The zero-order valence-corrected chi connectivity index (χ0v) is 17.2. The van der Waals surface area contributed by atoms with E-state index < -0.39 is 0 Å². The van der Waals surface area contributed by atoms with Gasteiger partial charge in [0, 0.05) is 39.8 Å². The number of methoxy groups -OCH3 is 1. The van der Waals surface area contributed by atoms with Gasteiger partial charge in [-0.3, -0.25) is 9.69 Å². The lowest BCUT2D eigenvalue weighted by molar-refractivity contribution is -0.135. The number of likely N-dealkylation sites (N-methyl/N-ethyl adjacent to an activating group) is 2. The van der Waals surface area contributed by atoms with Crippen LogP contribution in [0, 0.1) is 5.41 Å². The molecule has 0 aliphatic carbocycles. The van der Waals surface area contributed by atoms with Crippen molar-refractivity contribution in [2.75, 3.05) is 67.1 Å². The number of hydrogen-bond acceptors (Lipinski definition) is 4. The SMILES string of the molecule is COCCN(C)CC(=O)N1CCC2(CC1)CC(c1ccccc1)CN(C)C2. The quantitative estimate of drug-likeness (QED) is 0.767. The Kier molecular flexibility index (Phi) is 6.90. The first-order valence-electron chi connectivity index (χ1n) is 10.2. The highest BCUT2D eigenvalue weighted by Gasteiger charge is 2.42. The predicted molar refractivity (Wildman–Crippen MR) is 109 cm³/mol. The Bertz CT molecular complexity index is 599. The Morgan fingerprint density at radius 1 is 1.26 bits per heavy atom. The zero-order chi connectivity index (χ0) is 19.3. The zero-order valence-electron chi connectivity index (χ0n) is 17.2. The van der Waals surface area contributed by atoms with Crippen LogP contribution in [0.25, 0.3) is 0 Å². The number of rotatable bonds is 6. The number of carbonyl (C=O) groups is 1. The van der Waals surface area contributed by atoms with Gasteiger partial charge in [-0.2, -0.15) is 0 Å². The molecule has 2 aliphatic heterocycles. The summed E-state index contributed by atoms with van der Waals surface area (Å²) < 4.78 is 5.10. The summed E-state index contributed by atoms with van der Waals surface area (Å²) in [6.07, 6.45) is 3.49. The summed E-state index contributed by atoms with van der Waals surface area (Å²) in [5, 5.41) is 0. The van der Waals surface area contributed by atoms with E-state index in [9.17, 15) is 4.79 Å². The highest BCUT2D eigenvalue weighted by atomic mass is 16.5. The highest BCUT2D eigenvalue weighted by Crippen LogP contribution is 2.44. The number of likely N-dealkylation sites (tertiary alicyclic amines) is 2. The van der Waals surface area contributed by atoms with Crippen molar-refractivity contribution in [1.82, 2.24) is 14.7 Å². The molecule has 3 rings (SSSR count). The monoisotopic (exact) mass is 373 g/mol. The van der Waals surface area contributed by atoms with E-state index in [1.807, 2.05) is 7.05 Å². The minimum absolute atomic E-state index is 0.257. The first-order chi connectivity index (χ1) is 13.0. The Morgan fingerprint density at radius 3 is 2.63 bits per heavy atom. The summed E-state index contributed by atoms with van der Waals surface area (Å²) in [7, 11) is 5.94. The molecule has 0 bridgehead atoms. The van der Waals surface area contributed by atoms with Crippen molar-refractivity contribution in [3.8, 4) is 0 Å². The molecule has 1 amide bonds. The van der Waals surface area contributed by atoms with Crippen molar-refractivity contribution in [1.29, 1.82) is 0 Å². The number of ether oxygens (including phenoxy) is 1. The van der Waals surface area contributed by atoms with E-state index in [4.69, 9.17) is 4.74 Å². The smallest absolute Gasteiger partial charge is 0.236 e. The molecule has 2 fully saturated rings. The predicted octanol–water partition coefficient (Wildman–Crippen LogP) is 2.29. The minimum atomic E-state index is 0.257. The molecule has 1 spiro atoms. The lowest BCUT2D eigenvalue weighted by Gasteiger charge is -2.49. The van der Waals surface area contributed by atoms with Gasteiger partial charge in [-0.1, -0.05) is 30.3 Å². The maximum atomic E-state index is 12.6. The summed E-state index contributed by atoms with van der Waals surface area (Å²) in [5.74, 6) is 0.861. The topological polar surface area (TPSA) is 36.0 Å². The summed E-state index contributed by atoms with van der Waals surface area (Å²) >= 11 is 0. The van der Waals surface area contributed by atoms with E-state index in [-0.39, 0.29) is 5.91 Å². The Balaban J connectivity index is 1.56. The van der Waals surface area contributed by atoms with Gasteiger partial charge < -0.3 is 14.5 Å². The van der Waals surface area contributed by atoms with E-state index in [0.717, 1.165) is 45.6 Å². The van der Waals surface area contributed by atoms with Gasteiger partial charge in [0.2, 0.25) is 5.91 Å². The molecule has 2 heterocycles. The molecule has 1 unspecified atom stereocenters. The molecule has 150 valence electrons. The van der Waals surface area contributed by atoms with Gasteiger partial charge in [-0.15, -0.1) is 0 Å². The second-order valence-electron chi connectivity index (χ2n) is 8.62. The Hall–Kier alpha value is -1.43. The second-order valence-corrected chi connectivity index (χ2v) is 8.62. The van der Waals surface area contributed by atoms with Gasteiger partial charge in [-0.05, 0) is 50.3 Å². The summed E-state index contributed by atoms with van der Waals surface area (Å²) in [6.45, 7) is 6.04. The van der Waals surface area contributed by atoms with Crippen molar-refractivity contribution in [3.63, 3.8) is 0 Å². The van der Waals surface area contributed by atoms with Crippen LogP contribution in [0.15, 0.2) is 30.3 Å². The third-order valence-corrected chi connectivity index (χ3v) is 6.35. The summed E-state index contributed by atoms with van der Waals surface area (Å²) in [6, 6.07) is 10.9. The van der Waals surface area contributed by atoms with Crippen LogP contribution < -0.4 is 0 Å². The molecule has 5 heteroatoms. The molecule has 1 aromatic carbocycles. The van der Waals surface area contributed by atoms with E-state index in [0.29, 0.717) is 24.5 Å². The van der Waals surface area contributed by atoms with Crippen molar-refractivity contribution < 1.29 is 9.53 Å². The standard InChI is InChI=1S/C22H35N3O2/c1-23(13-14-27-3)17-21(26)25-11-9-22(10-12-25)15-20(16-24(2)18-22)19-7-5-4-6-8-19/h4-8,20H,9-18H2,1-3H3. The van der Waals surface area contributed by atoms with Gasteiger partial charge in [0.05, 0.1) is 13.2 Å². The van der Waals surface area contributed by atoms with Gasteiger partial charge >= 0.3 is 0 Å². The number of piperidine rings is 2. The molecule has 1 aromatic rings. The third-order valence-electron chi connectivity index (χ3n) is 6.35. The minimum Gasteiger partial charge on any atom is -0.383 e. The fourth-order valence-corrected chi connectivity index (χ4v) is 4.86. The van der Waals surface area contributed by atoms with E-state index >= 15 is 0 Å². The van der Waals surface area contributed by atoms with Crippen molar-refractivity contribution in [2.45, 2.75) is 25.2 Å². The van der Waals surface area contributed by atoms with E-state index in [1.165, 1.54) is 12.0 Å². The lowest BCUT2D eigenvalue weighted by Crippen LogP contribution is -2.52. The fourth-order valence-electron chi connectivity index (χ4n) is 4.86. The van der Waals surface area contributed by atoms with Gasteiger partial charge in [0.25, 0.3) is 0 Å². The first-order valence-corrected chi connectivity index (χ1v) is 10.2. The molecule has 2 aliphatic rings. The third kappa shape index (κ3) is 5.31. The van der Waals surface area contributed by atoms with Crippen LogP contribution in [0.5, 0.6) is 0 Å². The number of amides is 1. The molecule has 0 radical (unpaired) electrons. The Labute approximate surface area is 164 Å². The van der Waals surface area contributed by atoms with Crippen LogP contribution in [0.3, 0.4) is 0 Å². The summed E-state index contributed by atoms with van der Waals surface area (Å²) in [4.78, 5) is 19.2. The molecule has 2 saturated heterocycles. The van der Waals surface area contributed by atoms with E-state index in [1.54, 1.807) is 7.11 Å². The van der Waals surface area contributed by atoms with Crippen LogP contribution in [-0.2, 0) is 9.53 Å². The first kappa shape index (κ1) is 20.3. The maximum absolute atomic E-state index is 12.6. The van der Waals surface area contributed by atoms with Crippen LogP contribution in [0.2, 0.25) is 0 Å². The number of carbonyl (C=O) groups excluding carboxylic acids is 1. The summed E-state index contributed by atoms with van der Waals surface area (Å²) in [5.41, 5.74) is 1.81. The molecular formula is C22H35N3O2. The molecule has 0 aromatic heterocycles. The molecule has 1 atom stereocenters. The fraction of sp³-hybridized carbons (Fsp3) is 0.682. The molecule has 5 nitrogen and oxygen atoms in total. The number of nitrogens with zero attached hydrogens (tertiary/aromatic N) is 3. The second kappa shape index (κ2) is 9.18. The van der Waals surface area contributed by atoms with Crippen molar-refractivity contribution in [3.05, 3.63) is 35.9 Å². The molecular weight excluding hydrogens is 338 g/mol. The number of benzene rings is 1. The molecule has 0 saturated carbocycles. The van der Waals surface area contributed by atoms with Crippen LogP contribution in [-0.4, -0.2) is 87.7 Å². The number of hydrogen-bond donors (Lipinski definition) is 0. The van der Waals surface area contributed by atoms with Gasteiger partial charge in [-0.25, -0.2) is 0 Å². The van der Waals surface area contributed by atoms with Crippen LogP contribution in [0.1, 0.15) is 30.7 Å². The normalized spacial score (nSPS) is 23.1. The Morgan fingerprint density at radius 2 is 1.96 bits per heavy atom. The molecule has 0 N–H and O–H groups in total. The average Bonchev–Trinajstić information content (AvgIpc) is 2.67. The van der Waals surface area contributed by atoms with Crippen molar-refractivity contribution >= 4 is 5.91 Å². The van der Waals surface area contributed by atoms with Crippen LogP contribution >= 0.6 is 0 Å². The maximum Gasteiger partial charge on any atom is 0.236 e. The van der Waals surface area contributed by atoms with Gasteiger partial charge in [0.15, 0.2) is 0 Å². The van der Waals surface area contributed by atoms with Crippen molar-refractivity contribution in [2.24, 2.45) is 5.41 Å². The molecule has 27 heavy (non-hydrogen) atoms.